The molecule has 1 aromatic carbocycles. The summed E-state index contributed by atoms with van der Waals surface area (Å²) in [6.07, 6.45) is 1.22. The summed E-state index contributed by atoms with van der Waals surface area (Å²) in [6, 6.07) is 5.78. The number of rotatable bonds is 3. The SMILES string of the molecule is O=C(NCC1CCSC1)c1cc(Br)ccc1I. The zero-order valence-corrected chi connectivity index (χ0v) is 13.8. The molecule has 5 heteroatoms. The number of halogens is 2. The van der Waals surface area contributed by atoms with Crippen molar-refractivity contribution in [2.45, 2.75) is 6.42 Å². The number of hydrogen-bond acceptors (Lipinski definition) is 2. The zero-order valence-electron chi connectivity index (χ0n) is 9.21. The van der Waals surface area contributed by atoms with Gasteiger partial charge < -0.3 is 5.32 Å². The average Bonchev–Trinajstić information content (AvgIpc) is 2.82. The fraction of sp³-hybridized carbons (Fsp3) is 0.417. The molecule has 1 amide bonds. The molecule has 1 N–H and O–H groups in total. The predicted molar refractivity (Wildman–Crippen MR) is 84.6 cm³/mol. The molecule has 1 heterocycles. The van der Waals surface area contributed by atoms with Crippen LogP contribution < -0.4 is 5.32 Å². The minimum absolute atomic E-state index is 0.0348. The molecular weight excluding hydrogens is 413 g/mol. The van der Waals surface area contributed by atoms with Crippen LogP contribution in [0.15, 0.2) is 22.7 Å². The van der Waals surface area contributed by atoms with E-state index in [9.17, 15) is 4.79 Å². The molecule has 1 aliphatic heterocycles. The van der Waals surface area contributed by atoms with Crippen molar-refractivity contribution in [1.82, 2.24) is 5.32 Å². The third kappa shape index (κ3) is 3.86. The highest BCUT2D eigenvalue weighted by atomic mass is 127. The number of carbonyl (C=O) groups is 1. The number of hydrogen-bond donors (Lipinski definition) is 1. The maximum atomic E-state index is 12.0. The van der Waals surface area contributed by atoms with E-state index < -0.39 is 0 Å². The summed E-state index contributed by atoms with van der Waals surface area (Å²) in [5, 5.41) is 3.03. The second-order valence-corrected chi connectivity index (χ2v) is 7.29. The number of carbonyl (C=O) groups excluding carboxylic acids is 1. The Labute approximate surface area is 128 Å². The number of thioether (sulfide) groups is 1. The van der Waals surface area contributed by atoms with Gasteiger partial charge in [0.2, 0.25) is 0 Å². The summed E-state index contributed by atoms with van der Waals surface area (Å²) in [6.45, 7) is 0.800. The van der Waals surface area contributed by atoms with Crippen molar-refractivity contribution in [1.29, 1.82) is 0 Å². The fourth-order valence-corrected chi connectivity index (χ4v) is 3.97. The molecule has 0 aliphatic carbocycles. The molecule has 1 fully saturated rings. The molecule has 2 nitrogen and oxygen atoms in total. The van der Waals surface area contributed by atoms with E-state index in [1.54, 1.807) is 0 Å². The summed E-state index contributed by atoms with van der Waals surface area (Å²) in [5.74, 6) is 3.09. The minimum atomic E-state index is 0.0348. The van der Waals surface area contributed by atoms with Crippen LogP contribution in [0, 0.1) is 9.49 Å². The lowest BCUT2D eigenvalue weighted by molar-refractivity contribution is 0.0947. The molecule has 17 heavy (non-hydrogen) atoms. The van der Waals surface area contributed by atoms with E-state index in [1.165, 1.54) is 17.9 Å². The summed E-state index contributed by atoms with van der Waals surface area (Å²) in [7, 11) is 0. The average molecular weight is 426 g/mol. The van der Waals surface area contributed by atoms with Gasteiger partial charge in [-0.15, -0.1) is 0 Å². The Balaban J connectivity index is 1.96. The van der Waals surface area contributed by atoms with Crippen molar-refractivity contribution >= 4 is 56.2 Å². The lowest BCUT2D eigenvalue weighted by Crippen LogP contribution is -2.29. The second kappa shape index (κ2) is 6.43. The Bertz CT molecular complexity index is 421. The van der Waals surface area contributed by atoms with Crippen molar-refractivity contribution in [3.05, 3.63) is 31.8 Å². The van der Waals surface area contributed by atoms with Crippen molar-refractivity contribution in [2.24, 2.45) is 5.92 Å². The van der Waals surface area contributed by atoms with E-state index in [0.717, 1.165) is 20.2 Å². The summed E-state index contributed by atoms with van der Waals surface area (Å²) >= 11 is 7.56. The molecule has 1 aromatic rings. The summed E-state index contributed by atoms with van der Waals surface area (Å²) < 4.78 is 1.93. The van der Waals surface area contributed by atoms with Gasteiger partial charge in [0.15, 0.2) is 0 Å². The molecule has 2 rings (SSSR count). The first-order valence-corrected chi connectivity index (χ1v) is 8.50. The smallest absolute Gasteiger partial charge is 0.252 e. The first-order chi connectivity index (χ1) is 8.16. The van der Waals surface area contributed by atoms with Crippen LogP contribution >= 0.6 is 50.3 Å². The zero-order chi connectivity index (χ0) is 12.3. The van der Waals surface area contributed by atoms with Crippen LogP contribution in [-0.2, 0) is 0 Å². The van der Waals surface area contributed by atoms with Crippen LogP contribution in [0.2, 0.25) is 0 Å². The van der Waals surface area contributed by atoms with E-state index in [1.807, 2.05) is 30.0 Å². The van der Waals surface area contributed by atoms with Gasteiger partial charge in [-0.3, -0.25) is 4.79 Å². The highest BCUT2D eigenvalue weighted by Crippen LogP contribution is 2.23. The molecule has 0 radical (unpaired) electrons. The van der Waals surface area contributed by atoms with Crippen molar-refractivity contribution < 1.29 is 4.79 Å². The Hall–Kier alpha value is 0.250. The number of amides is 1. The standard InChI is InChI=1S/C12H13BrINOS/c13-9-1-2-11(14)10(5-9)12(16)15-6-8-3-4-17-7-8/h1-2,5,8H,3-4,6-7H2,(H,15,16). The van der Waals surface area contributed by atoms with E-state index in [-0.39, 0.29) is 5.91 Å². The lowest BCUT2D eigenvalue weighted by atomic mass is 10.1. The number of nitrogens with one attached hydrogen (secondary N) is 1. The lowest BCUT2D eigenvalue weighted by Gasteiger charge is -2.11. The van der Waals surface area contributed by atoms with Gasteiger partial charge in [0, 0.05) is 14.6 Å². The van der Waals surface area contributed by atoms with Gasteiger partial charge in [-0.2, -0.15) is 11.8 Å². The molecular formula is C12H13BrINOS. The van der Waals surface area contributed by atoms with Gasteiger partial charge in [0.1, 0.15) is 0 Å². The van der Waals surface area contributed by atoms with Gasteiger partial charge in [-0.1, -0.05) is 15.9 Å². The molecule has 0 bridgehead atoms. The first-order valence-electron chi connectivity index (χ1n) is 5.48. The summed E-state index contributed by atoms with van der Waals surface area (Å²) in [5.41, 5.74) is 0.755. The van der Waals surface area contributed by atoms with Crippen molar-refractivity contribution in [2.75, 3.05) is 18.1 Å². The first kappa shape index (κ1) is 13.7. The molecule has 0 aromatic heterocycles. The normalized spacial score (nSPS) is 19.3. The fourth-order valence-electron chi connectivity index (χ4n) is 1.75. The third-order valence-corrected chi connectivity index (χ3v) is 5.41. The van der Waals surface area contributed by atoms with Gasteiger partial charge in [0.05, 0.1) is 5.56 Å². The van der Waals surface area contributed by atoms with Crippen LogP contribution in [0.5, 0.6) is 0 Å². The Morgan fingerprint density at radius 2 is 2.41 bits per heavy atom. The van der Waals surface area contributed by atoms with E-state index in [2.05, 4.69) is 43.8 Å². The highest BCUT2D eigenvalue weighted by molar-refractivity contribution is 14.1. The van der Waals surface area contributed by atoms with Gasteiger partial charge in [-0.25, -0.2) is 0 Å². The Morgan fingerprint density at radius 3 is 3.12 bits per heavy atom. The monoisotopic (exact) mass is 425 g/mol. The predicted octanol–water partition coefficient (Wildman–Crippen LogP) is 3.54. The van der Waals surface area contributed by atoms with Crippen LogP contribution in [0.3, 0.4) is 0 Å². The summed E-state index contributed by atoms with van der Waals surface area (Å²) in [4.78, 5) is 12.0. The quantitative estimate of drug-likeness (QED) is 0.750. The van der Waals surface area contributed by atoms with E-state index in [4.69, 9.17) is 0 Å². The second-order valence-electron chi connectivity index (χ2n) is 4.06. The topological polar surface area (TPSA) is 29.1 Å². The third-order valence-electron chi connectivity index (χ3n) is 2.75. The van der Waals surface area contributed by atoms with Gasteiger partial charge in [-0.05, 0) is 64.6 Å². The Morgan fingerprint density at radius 1 is 1.59 bits per heavy atom. The number of benzene rings is 1. The molecule has 0 spiro atoms. The minimum Gasteiger partial charge on any atom is -0.352 e. The molecule has 0 saturated carbocycles. The molecule has 1 aliphatic rings. The molecule has 92 valence electrons. The maximum Gasteiger partial charge on any atom is 0.252 e. The largest absolute Gasteiger partial charge is 0.352 e. The maximum absolute atomic E-state index is 12.0. The van der Waals surface area contributed by atoms with Crippen LogP contribution in [-0.4, -0.2) is 24.0 Å². The molecule has 1 saturated heterocycles. The van der Waals surface area contributed by atoms with Crippen LogP contribution in [0.1, 0.15) is 16.8 Å². The van der Waals surface area contributed by atoms with E-state index >= 15 is 0 Å². The van der Waals surface area contributed by atoms with Gasteiger partial charge in [0.25, 0.3) is 5.91 Å². The molecule has 1 atom stereocenters. The van der Waals surface area contributed by atoms with Gasteiger partial charge >= 0.3 is 0 Å². The Kier molecular flexibility index (Phi) is 5.17. The van der Waals surface area contributed by atoms with E-state index in [0.29, 0.717) is 5.92 Å². The molecule has 1 unspecified atom stereocenters. The highest BCUT2D eigenvalue weighted by Gasteiger charge is 2.17. The van der Waals surface area contributed by atoms with Crippen molar-refractivity contribution in [3.63, 3.8) is 0 Å². The van der Waals surface area contributed by atoms with Crippen molar-refractivity contribution in [3.8, 4) is 0 Å². The van der Waals surface area contributed by atoms with Crippen LogP contribution in [0.4, 0.5) is 0 Å². The van der Waals surface area contributed by atoms with Crippen LogP contribution in [0.25, 0.3) is 0 Å².